The zero-order chi connectivity index (χ0) is 10.7. The molecule has 1 aliphatic heterocycles. The molecule has 0 aromatic heterocycles. The molecular formula is C11H20N2O2. The fraction of sp³-hybridized carbons (Fsp3) is 0.909. The lowest BCUT2D eigenvalue weighted by atomic mass is 9.77. The van der Waals surface area contributed by atoms with Crippen LogP contribution in [-0.2, 0) is 9.53 Å². The summed E-state index contributed by atoms with van der Waals surface area (Å²) in [6, 6.07) is 0. The molecule has 4 nitrogen and oxygen atoms in total. The van der Waals surface area contributed by atoms with E-state index in [2.05, 4.69) is 5.32 Å². The first-order valence-corrected chi connectivity index (χ1v) is 5.84. The molecule has 2 rings (SSSR count). The second-order valence-electron chi connectivity index (χ2n) is 4.82. The Morgan fingerprint density at radius 3 is 2.60 bits per heavy atom. The van der Waals surface area contributed by atoms with Gasteiger partial charge >= 0.3 is 0 Å². The van der Waals surface area contributed by atoms with Gasteiger partial charge in [-0.2, -0.15) is 0 Å². The summed E-state index contributed by atoms with van der Waals surface area (Å²) in [6.07, 6.45) is 4.98. The van der Waals surface area contributed by atoms with Crippen molar-refractivity contribution in [3.05, 3.63) is 0 Å². The minimum Gasteiger partial charge on any atom is -0.381 e. The van der Waals surface area contributed by atoms with Gasteiger partial charge in [-0.1, -0.05) is 0 Å². The molecule has 15 heavy (non-hydrogen) atoms. The van der Waals surface area contributed by atoms with Crippen LogP contribution in [0.25, 0.3) is 0 Å². The van der Waals surface area contributed by atoms with E-state index in [1.54, 1.807) is 0 Å². The van der Waals surface area contributed by atoms with E-state index in [9.17, 15) is 4.79 Å². The zero-order valence-electron chi connectivity index (χ0n) is 9.13. The predicted molar refractivity (Wildman–Crippen MR) is 57.3 cm³/mol. The molecule has 0 bridgehead atoms. The van der Waals surface area contributed by atoms with Crippen molar-refractivity contribution in [2.24, 2.45) is 11.7 Å². The van der Waals surface area contributed by atoms with E-state index in [1.807, 2.05) is 0 Å². The molecule has 1 heterocycles. The lowest BCUT2D eigenvalue weighted by molar-refractivity contribution is -0.128. The van der Waals surface area contributed by atoms with E-state index in [0.717, 1.165) is 25.7 Å². The summed E-state index contributed by atoms with van der Waals surface area (Å²) >= 11 is 0. The van der Waals surface area contributed by atoms with E-state index in [0.29, 0.717) is 19.8 Å². The van der Waals surface area contributed by atoms with Gasteiger partial charge in [0.05, 0.1) is 0 Å². The monoisotopic (exact) mass is 212 g/mol. The Morgan fingerprint density at radius 1 is 1.40 bits per heavy atom. The number of nitrogens with one attached hydrogen (secondary N) is 1. The fourth-order valence-corrected chi connectivity index (χ4v) is 2.17. The lowest BCUT2D eigenvalue weighted by Gasteiger charge is -2.38. The Hall–Kier alpha value is -0.610. The van der Waals surface area contributed by atoms with Gasteiger partial charge in [0.25, 0.3) is 0 Å². The summed E-state index contributed by atoms with van der Waals surface area (Å²) in [5.74, 6) is 0.303. The Balaban J connectivity index is 1.71. The molecule has 1 saturated carbocycles. The lowest BCUT2D eigenvalue weighted by Crippen LogP contribution is -2.55. The van der Waals surface area contributed by atoms with Crippen molar-refractivity contribution < 1.29 is 9.53 Å². The molecule has 1 amide bonds. The second-order valence-corrected chi connectivity index (χ2v) is 4.82. The summed E-state index contributed by atoms with van der Waals surface area (Å²) < 4.78 is 5.22. The predicted octanol–water partition coefficient (Wildman–Crippen LogP) is 0.411. The van der Waals surface area contributed by atoms with Crippen LogP contribution < -0.4 is 11.1 Å². The SMILES string of the molecule is NC1(CNC(=O)C2CCOCC2)CCC1. The van der Waals surface area contributed by atoms with E-state index >= 15 is 0 Å². The van der Waals surface area contributed by atoms with E-state index in [4.69, 9.17) is 10.5 Å². The van der Waals surface area contributed by atoms with Crippen LogP contribution >= 0.6 is 0 Å². The van der Waals surface area contributed by atoms with E-state index < -0.39 is 0 Å². The van der Waals surface area contributed by atoms with Crippen molar-refractivity contribution in [3.8, 4) is 0 Å². The van der Waals surface area contributed by atoms with Crippen LogP contribution in [0.4, 0.5) is 0 Å². The smallest absolute Gasteiger partial charge is 0.223 e. The molecule has 1 saturated heterocycles. The van der Waals surface area contributed by atoms with Crippen molar-refractivity contribution in [2.75, 3.05) is 19.8 Å². The minimum absolute atomic E-state index is 0.110. The van der Waals surface area contributed by atoms with Crippen LogP contribution in [0.15, 0.2) is 0 Å². The summed E-state index contributed by atoms with van der Waals surface area (Å²) in [5, 5.41) is 2.98. The van der Waals surface area contributed by atoms with Crippen LogP contribution in [0.5, 0.6) is 0 Å². The van der Waals surface area contributed by atoms with Gasteiger partial charge in [-0.25, -0.2) is 0 Å². The highest BCUT2D eigenvalue weighted by Crippen LogP contribution is 2.28. The molecule has 0 spiro atoms. The van der Waals surface area contributed by atoms with Crippen molar-refractivity contribution in [1.82, 2.24) is 5.32 Å². The maximum atomic E-state index is 11.8. The van der Waals surface area contributed by atoms with Gasteiger partial charge in [-0.05, 0) is 32.1 Å². The largest absolute Gasteiger partial charge is 0.381 e. The zero-order valence-corrected chi connectivity index (χ0v) is 9.13. The number of ether oxygens (including phenoxy) is 1. The summed E-state index contributed by atoms with van der Waals surface area (Å²) in [6.45, 7) is 2.07. The van der Waals surface area contributed by atoms with Crippen molar-refractivity contribution in [1.29, 1.82) is 0 Å². The molecule has 0 unspecified atom stereocenters. The molecule has 3 N–H and O–H groups in total. The van der Waals surface area contributed by atoms with Crippen LogP contribution in [0, 0.1) is 5.92 Å². The third kappa shape index (κ3) is 2.69. The highest BCUT2D eigenvalue weighted by Gasteiger charge is 2.33. The standard InChI is InChI=1S/C11H20N2O2/c12-11(4-1-5-11)8-13-10(14)9-2-6-15-7-3-9/h9H,1-8,12H2,(H,13,14). The number of carbonyl (C=O) groups is 1. The topological polar surface area (TPSA) is 64.3 Å². The Labute approximate surface area is 90.5 Å². The molecule has 2 aliphatic rings. The van der Waals surface area contributed by atoms with Gasteiger partial charge < -0.3 is 15.8 Å². The number of rotatable bonds is 3. The first-order valence-electron chi connectivity index (χ1n) is 5.84. The average molecular weight is 212 g/mol. The van der Waals surface area contributed by atoms with Crippen LogP contribution in [0.2, 0.25) is 0 Å². The molecule has 2 fully saturated rings. The molecule has 86 valence electrons. The molecule has 0 atom stereocenters. The Morgan fingerprint density at radius 2 is 2.07 bits per heavy atom. The Bertz CT molecular complexity index is 233. The molecule has 0 aromatic carbocycles. The fourth-order valence-electron chi connectivity index (χ4n) is 2.17. The molecule has 4 heteroatoms. The number of amides is 1. The molecular weight excluding hydrogens is 192 g/mol. The van der Waals surface area contributed by atoms with E-state index in [1.165, 1.54) is 6.42 Å². The first-order chi connectivity index (χ1) is 7.20. The first kappa shape index (κ1) is 10.9. The molecule has 1 aliphatic carbocycles. The highest BCUT2D eigenvalue weighted by atomic mass is 16.5. The van der Waals surface area contributed by atoms with Gasteiger partial charge in [0.1, 0.15) is 0 Å². The van der Waals surface area contributed by atoms with Crippen LogP contribution in [0.3, 0.4) is 0 Å². The number of hydrogen-bond donors (Lipinski definition) is 2. The van der Waals surface area contributed by atoms with E-state index in [-0.39, 0.29) is 17.4 Å². The van der Waals surface area contributed by atoms with Crippen LogP contribution in [0.1, 0.15) is 32.1 Å². The maximum absolute atomic E-state index is 11.8. The number of hydrogen-bond acceptors (Lipinski definition) is 3. The maximum Gasteiger partial charge on any atom is 0.223 e. The highest BCUT2D eigenvalue weighted by molar-refractivity contribution is 5.78. The summed E-state index contributed by atoms with van der Waals surface area (Å²) in [7, 11) is 0. The molecule has 0 aromatic rings. The van der Waals surface area contributed by atoms with Crippen molar-refractivity contribution >= 4 is 5.91 Å². The van der Waals surface area contributed by atoms with Gasteiger partial charge in [0.15, 0.2) is 0 Å². The minimum atomic E-state index is -0.110. The normalized spacial score (nSPS) is 25.7. The third-order valence-corrected chi connectivity index (χ3v) is 3.56. The van der Waals surface area contributed by atoms with Gasteiger partial charge in [-0.15, -0.1) is 0 Å². The molecule has 0 radical (unpaired) electrons. The summed E-state index contributed by atoms with van der Waals surface area (Å²) in [4.78, 5) is 11.8. The quantitative estimate of drug-likeness (QED) is 0.712. The summed E-state index contributed by atoms with van der Waals surface area (Å²) in [5.41, 5.74) is 5.93. The van der Waals surface area contributed by atoms with Gasteiger partial charge in [0.2, 0.25) is 5.91 Å². The van der Waals surface area contributed by atoms with Crippen LogP contribution in [-0.4, -0.2) is 31.2 Å². The Kier molecular flexibility index (Phi) is 3.26. The number of carbonyl (C=O) groups excluding carboxylic acids is 1. The number of nitrogens with two attached hydrogens (primary N) is 1. The van der Waals surface area contributed by atoms with Gasteiger partial charge in [0, 0.05) is 31.2 Å². The third-order valence-electron chi connectivity index (χ3n) is 3.56. The average Bonchev–Trinajstić information content (AvgIpc) is 2.24. The van der Waals surface area contributed by atoms with Gasteiger partial charge in [-0.3, -0.25) is 4.79 Å². The van der Waals surface area contributed by atoms with Crippen molar-refractivity contribution in [3.63, 3.8) is 0 Å². The second kappa shape index (κ2) is 4.49. The van der Waals surface area contributed by atoms with Crippen molar-refractivity contribution in [2.45, 2.75) is 37.6 Å².